The number of halogens is 2. The van der Waals surface area contributed by atoms with E-state index in [2.05, 4.69) is 31.8 Å². The highest BCUT2D eigenvalue weighted by Gasteiger charge is 2.11. The lowest BCUT2D eigenvalue weighted by atomic mass is 10.1. The van der Waals surface area contributed by atoms with Crippen LogP contribution in [0.3, 0.4) is 0 Å². The number of rotatable bonds is 5. The normalized spacial score (nSPS) is 10.5. The highest BCUT2D eigenvalue weighted by atomic mass is 79.9. The molecule has 0 aliphatic rings. The number of nitrogens with one attached hydrogen (secondary N) is 2. The van der Waals surface area contributed by atoms with Crippen molar-refractivity contribution in [3.8, 4) is 9.88 Å². The molecule has 1 aromatic carbocycles. The van der Waals surface area contributed by atoms with Gasteiger partial charge >= 0.3 is 0 Å². The second-order valence-electron chi connectivity index (χ2n) is 5.35. The number of aromatic nitrogens is 1. The first-order valence-electron chi connectivity index (χ1n) is 7.50. The number of hydrogen-bond donors (Lipinski definition) is 2. The van der Waals surface area contributed by atoms with Gasteiger partial charge in [0.05, 0.1) is 23.4 Å². The summed E-state index contributed by atoms with van der Waals surface area (Å²) in [5.74, 6) is -1.10. The summed E-state index contributed by atoms with van der Waals surface area (Å²) in [5.41, 5.74) is 6.01. The minimum Gasteiger partial charge on any atom is -0.273 e. The van der Waals surface area contributed by atoms with Gasteiger partial charge in [0.2, 0.25) is 11.8 Å². The van der Waals surface area contributed by atoms with Crippen LogP contribution in [0.25, 0.3) is 9.88 Å². The van der Waals surface area contributed by atoms with Crippen LogP contribution in [0.2, 0.25) is 0 Å². The summed E-state index contributed by atoms with van der Waals surface area (Å²) >= 11 is 6.44. The molecule has 0 saturated heterocycles. The van der Waals surface area contributed by atoms with E-state index in [-0.39, 0.29) is 30.5 Å². The van der Waals surface area contributed by atoms with E-state index in [1.807, 2.05) is 16.8 Å². The maximum atomic E-state index is 12.8. The molecule has 2 heterocycles. The predicted octanol–water partition coefficient (Wildman–Crippen LogP) is 3.71. The van der Waals surface area contributed by atoms with Gasteiger partial charge in [-0.3, -0.25) is 20.4 Å². The molecular weight excluding hydrogens is 441 g/mol. The number of carbonyl (C=O) groups excluding carboxylic acids is 2. The lowest BCUT2D eigenvalue weighted by Crippen LogP contribution is -2.43. The van der Waals surface area contributed by atoms with Crippen molar-refractivity contribution in [2.75, 3.05) is 0 Å². The van der Waals surface area contributed by atoms with Gasteiger partial charge in [-0.2, -0.15) is 0 Å². The molecule has 0 spiro atoms. The number of hydrazine groups is 1. The molecule has 0 radical (unpaired) electrons. The minimum atomic E-state index is -0.382. The molecule has 0 aliphatic carbocycles. The summed E-state index contributed by atoms with van der Waals surface area (Å²) in [6.07, 6.45) is 0.120. The molecular formula is C17H13BrFN3O2S2. The van der Waals surface area contributed by atoms with E-state index in [0.717, 1.165) is 14.4 Å². The van der Waals surface area contributed by atoms with Crippen LogP contribution < -0.4 is 10.9 Å². The van der Waals surface area contributed by atoms with Crippen LogP contribution >= 0.6 is 38.6 Å². The van der Waals surface area contributed by atoms with Gasteiger partial charge in [-0.25, -0.2) is 9.37 Å². The third-order valence-electron chi connectivity index (χ3n) is 3.29. The van der Waals surface area contributed by atoms with Crippen LogP contribution in [0.5, 0.6) is 0 Å². The lowest BCUT2D eigenvalue weighted by molar-refractivity contribution is -0.128. The first-order chi connectivity index (χ1) is 12.5. The van der Waals surface area contributed by atoms with E-state index >= 15 is 0 Å². The number of thiazole rings is 1. The van der Waals surface area contributed by atoms with Crippen molar-refractivity contribution in [3.63, 3.8) is 0 Å². The Morgan fingerprint density at radius 1 is 1.04 bits per heavy atom. The molecule has 0 atom stereocenters. The standard InChI is InChI=1S/C17H13BrFN3O2S2/c18-11-6-14(25-8-11)17-20-13(9-26-17)7-16(24)22-21-15(23)5-10-1-3-12(19)4-2-10/h1-4,6,8-9H,5,7H2,(H,21,23)(H,22,24). The van der Waals surface area contributed by atoms with Gasteiger partial charge in [-0.1, -0.05) is 12.1 Å². The largest absolute Gasteiger partial charge is 0.273 e. The van der Waals surface area contributed by atoms with E-state index in [0.29, 0.717) is 11.3 Å². The molecule has 0 unspecified atom stereocenters. The minimum absolute atomic E-state index is 0.0503. The van der Waals surface area contributed by atoms with Crippen LogP contribution in [0.4, 0.5) is 4.39 Å². The average Bonchev–Trinajstić information content (AvgIpc) is 3.24. The molecule has 0 saturated carbocycles. The fraction of sp³-hybridized carbons (Fsp3) is 0.118. The average molecular weight is 454 g/mol. The Labute approximate surface area is 165 Å². The molecule has 2 N–H and O–H groups in total. The molecule has 3 rings (SSSR count). The van der Waals surface area contributed by atoms with Crippen molar-refractivity contribution in [2.24, 2.45) is 0 Å². The van der Waals surface area contributed by atoms with E-state index < -0.39 is 0 Å². The molecule has 0 aliphatic heterocycles. The third-order valence-corrected chi connectivity index (χ3v) is 6.04. The summed E-state index contributed by atoms with van der Waals surface area (Å²) in [6.45, 7) is 0. The number of nitrogens with zero attached hydrogens (tertiary/aromatic N) is 1. The molecule has 26 heavy (non-hydrogen) atoms. The Bertz CT molecular complexity index is 924. The van der Waals surface area contributed by atoms with Crippen LogP contribution in [-0.4, -0.2) is 16.8 Å². The monoisotopic (exact) mass is 453 g/mol. The molecule has 2 aromatic heterocycles. The number of amides is 2. The highest BCUT2D eigenvalue weighted by molar-refractivity contribution is 9.10. The second kappa shape index (κ2) is 8.52. The Morgan fingerprint density at radius 2 is 1.73 bits per heavy atom. The topological polar surface area (TPSA) is 71.1 Å². The summed E-state index contributed by atoms with van der Waals surface area (Å²) in [6, 6.07) is 7.59. The SMILES string of the molecule is O=C(Cc1ccc(F)cc1)NNC(=O)Cc1csc(-c2cc(Br)cs2)n1. The molecule has 0 bridgehead atoms. The van der Waals surface area contributed by atoms with Crippen molar-refractivity contribution in [2.45, 2.75) is 12.8 Å². The van der Waals surface area contributed by atoms with E-state index in [4.69, 9.17) is 0 Å². The molecule has 9 heteroatoms. The molecule has 3 aromatic rings. The molecule has 2 amide bonds. The Kier molecular flexibility index (Phi) is 6.12. The zero-order valence-corrected chi connectivity index (χ0v) is 16.5. The lowest BCUT2D eigenvalue weighted by Gasteiger charge is -2.06. The quantitative estimate of drug-likeness (QED) is 0.578. The number of benzene rings is 1. The first-order valence-corrected chi connectivity index (χ1v) is 10.1. The van der Waals surface area contributed by atoms with Gasteiger partial charge in [0.1, 0.15) is 10.8 Å². The number of hydrogen-bond acceptors (Lipinski definition) is 5. The van der Waals surface area contributed by atoms with Crippen LogP contribution in [0.1, 0.15) is 11.3 Å². The van der Waals surface area contributed by atoms with Crippen molar-refractivity contribution in [1.82, 2.24) is 15.8 Å². The zero-order chi connectivity index (χ0) is 18.5. The number of carbonyl (C=O) groups is 2. The van der Waals surface area contributed by atoms with Gasteiger partial charge < -0.3 is 0 Å². The second-order valence-corrected chi connectivity index (χ2v) is 8.03. The first kappa shape index (κ1) is 18.7. The summed E-state index contributed by atoms with van der Waals surface area (Å²) in [5, 5.41) is 4.65. The van der Waals surface area contributed by atoms with Crippen LogP contribution in [0, 0.1) is 5.82 Å². The smallest absolute Gasteiger partial charge is 0.244 e. The van der Waals surface area contributed by atoms with Gasteiger partial charge in [0, 0.05) is 15.2 Å². The van der Waals surface area contributed by atoms with E-state index in [1.165, 1.54) is 35.6 Å². The van der Waals surface area contributed by atoms with Gasteiger partial charge in [-0.15, -0.1) is 22.7 Å². The summed E-state index contributed by atoms with van der Waals surface area (Å²) in [4.78, 5) is 29.2. The summed E-state index contributed by atoms with van der Waals surface area (Å²) in [7, 11) is 0. The Hall–Kier alpha value is -2.10. The van der Waals surface area contributed by atoms with Crippen LogP contribution in [0.15, 0.2) is 45.6 Å². The fourth-order valence-electron chi connectivity index (χ4n) is 2.11. The van der Waals surface area contributed by atoms with E-state index in [9.17, 15) is 14.0 Å². The van der Waals surface area contributed by atoms with Crippen molar-refractivity contribution < 1.29 is 14.0 Å². The maximum absolute atomic E-state index is 12.8. The third kappa shape index (κ3) is 5.20. The predicted molar refractivity (Wildman–Crippen MR) is 103 cm³/mol. The fourth-order valence-corrected chi connectivity index (χ4v) is 4.43. The Morgan fingerprint density at radius 3 is 2.38 bits per heavy atom. The van der Waals surface area contributed by atoms with Crippen LogP contribution in [-0.2, 0) is 22.4 Å². The molecule has 134 valence electrons. The summed E-state index contributed by atoms with van der Waals surface area (Å²) < 4.78 is 13.8. The van der Waals surface area contributed by atoms with E-state index in [1.54, 1.807) is 11.3 Å². The van der Waals surface area contributed by atoms with Crippen molar-refractivity contribution >= 4 is 50.4 Å². The highest BCUT2D eigenvalue weighted by Crippen LogP contribution is 2.31. The van der Waals surface area contributed by atoms with Gasteiger partial charge in [0.25, 0.3) is 0 Å². The van der Waals surface area contributed by atoms with Crippen molar-refractivity contribution in [3.05, 3.63) is 62.6 Å². The van der Waals surface area contributed by atoms with Gasteiger partial charge in [0.15, 0.2) is 0 Å². The molecule has 5 nitrogen and oxygen atoms in total. The molecule has 0 fully saturated rings. The zero-order valence-electron chi connectivity index (χ0n) is 13.3. The Balaban J connectivity index is 1.47. The maximum Gasteiger partial charge on any atom is 0.244 e. The number of thiophene rings is 1. The van der Waals surface area contributed by atoms with Crippen molar-refractivity contribution in [1.29, 1.82) is 0 Å². The van der Waals surface area contributed by atoms with Gasteiger partial charge in [-0.05, 0) is 39.7 Å².